The molecule has 4 heterocycles. The predicted molar refractivity (Wildman–Crippen MR) is 105 cm³/mol. The van der Waals surface area contributed by atoms with Crippen molar-refractivity contribution in [2.45, 2.75) is 44.6 Å². The summed E-state index contributed by atoms with van der Waals surface area (Å²) >= 11 is 0. The molecule has 0 radical (unpaired) electrons. The minimum absolute atomic E-state index is 0.0726. The Balaban J connectivity index is 1.19. The second-order valence-electron chi connectivity index (χ2n) is 7.82. The molecule has 1 atom stereocenters. The molecule has 4 rings (SSSR count). The Bertz CT molecular complexity index is 820. The van der Waals surface area contributed by atoms with E-state index in [1.807, 2.05) is 33.8 Å². The molecule has 2 aliphatic heterocycles. The van der Waals surface area contributed by atoms with E-state index in [0.29, 0.717) is 24.4 Å². The van der Waals surface area contributed by atoms with Gasteiger partial charge in [-0.25, -0.2) is 4.98 Å². The predicted octanol–water partition coefficient (Wildman–Crippen LogP) is 2.26. The van der Waals surface area contributed by atoms with Crippen molar-refractivity contribution in [3.63, 3.8) is 0 Å². The van der Waals surface area contributed by atoms with Crippen molar-refractivity contribution in [2.24, 2.45) is 5.92 Å². The number of rotatable bonds is 6. The first-order chi connectivity index (χ1) is 13.7. The SMILES string of the molecule is O=C(CCC1CCN(C(=O)c2ccc3nccn3c2)CC1)NC[C@@H]1CCCO1. The van der Waals surface area contributed by atoms with E-state index in [9.17, 15) is 9.59 Å². The zero-order valence-electron chi connectivity index (χ0n) is 16.2. The van der Waals surface area contributed by atoms with Crippen LogP contribution in [-0.4, -0.2) is 58.4 Å². The van der Waals surface area contributed by atoms with Crippen LogP contribution in [0.15, 0.2) is 30.7 Å². The standard InChI is InChI=1S/C21H28N4O3/c26-20(23-14-18-2-1-13-28-18)6-3-16-7-10-24(11-8-16)21(27)17-4-5-19-22-9-12-25(19)15-17/h4-5,9,12,15-16,18H,1-3,6-8,10-11,13-14H2,(H,23,26)/t18-/m0/s1. The van der Waals surface area contributed by atoms with Crippen LogP contribution in [0.5, 0.6) is 0 Å². The Morgan fingerprint density at radius 3 is 2.86 bits per heavy atom. The van der Waals surface area contributed by atoms with Crippen molar-refractivity contribution in [2.75, 3.05) is 26.2 Å². The molecule has 2 aromatic heterocycles. The number of pyridine rings is 1. The van der Waals surface area contributed by atoms with E-state index >= 15 is 0 Å². The van der Waals surface area contributed by atoms with Crippen LogP contribution >= 0.6 is 0 Å². The molecule has 150 valence electrons. The van der Waals surface area contributed by atoms with Crippen LogP contribution in [0, 0.1) is 5.92 Å². The van der Waals surface area contributed by atoms with Crippen molar-refractivity contribution in [1.82, 2.24) is 19.6 Å². The lowest BCUT2D eigenvalue weighted by Gasteiger charge is -2.32. The van der Waals surface area contributed by atoms with E-state index in [1.54, 1.807) is 6.20 Å². The largest absolute Gasteiger partial charge is 0.376 e. The maximum atomic E-state index is 12.8. The highest BCUT2D eigenvalue weighted by Crippen LogP contribution is 2.23. The average molecular weight is 384 g/mol. The number of aromatic nitrogens is 2. The number of hydrogen-bond donors (Lipinski definition) is 1. The fourth-order valence-electron chi connectivity index (χ4n) is 4.11. The summed E-state index contributed by atoms with van der Waals surface area (Å²) in [6.07, 6.45) is 11.1. The van der Waals surface area contributed by atoms with E-state index in [4.69, 9.17) is 4.74 Å². The van der Waals surface area contributed by atoms with Crippen LogP contribution in [0.25, 0.3) is 5.65 Å². The first kappa shape index (κ1) is 18.9. The topological polar surface area (TPSA) is 75.9 Å². The van der Waals surface area contributed by atoms with Crippen molar-refractivity contribution >= 4 is 17.5 Å². The number of ether oxygens (including phenoxy) is 1. The Morgan fingerprint density at radius 1 is 1.21 bits per heavy atom. The molecule has 2 amide bonds. The Labute approximate surface area is 165 Å². The summed E-state index contributed by atoms with van der Waals surface area (Å²) in [6.45, 7) is 2.95. The van der Waals surface area contributed by atoms with Gasteiger partial charge in [0.1, 0.15) is 5.65 Å². The van der Waals surface area contributed by atoms with Crippen LogP contribution in [0.4, 0.5) is 0 Å². The molecule has 0 saturated carbocycles. The second-order valence-corrected chi connectivity index (χ2v) is 7.82. The van der Waals surface area contributed by atoms with Gasteiger partial charge in [-0.1, -0.05) is 0 Å². The lowest BCUT2D eigenvalue weighted by molar-refractivity contribution is -0.122. The van der Waals surface area contributed by atoms with E-state index in [0.717, 1.165) is 57.4 Å². The first-order valence-corrected chi connectivity index (χ1v) is 10.3. The third-order valence-corrected chi connectivity index (χ3v) is 5.87. The van der Waals surface area contributed by atoms with Crippen molar-refractivity contribution in [1.29, 1.82) is 0 Å². The number of hydrogen-bond acceptors (Lipinski definition) is 4. The number of carbonyl (C=O) groups excluding carboxylic acids is 2. The van der Waals surface area contributed by atoms with Gasteiger partial charge in [-0.15, -0.1) is 0 Å². The summed E-state index contributed by atoms with van der Waals surface area (Å²) in [7, 11) is 0. The van der Waals surface area contributed by atoms with Crippen molar-refractivity contribution in [3.05, 3.63) is 36.3 Å². The van der Waals surface area contributed by atoms with Gasteiger partial charge >= 0.3 is 0 Å². The van der Waals surface area contributed by atoms with Gasteiger partial charge in [-0.2, -0.15) is 0 Å². The fraction of sp³-hybridized carbons (Fsp3) is 0.571. The van der Waals surface area contributed by atoms with Gasteiger partial charge in [0.2, 0.25) is 5.91 Å². The molecule has 2 saturated heterocycles. The zero-order valence-corrected chi connectivity index (χ0v) is 16.2. The Kier molecular flexibility index (Phi) is 5.90. The summed E-state index contributed by atoms with van der Waals surface area (Å²) in [6, 6.07) is 3.71. The highest BCUT2D eigenvalue weighted by molar-refractivity contribution is 5.94. The van der Waals surface area contributed by atoms with E-state index < -0.39 is 0 Å². The molecule has 0 unspecified atom stereocenters. The molecule has 0 aromatic carbocycles. The maximum absolute atomic E-state index is 12.8. The molecular formula is C21H28N4O3. The monoisotopic (exact) mass is 384 g/mol. The van der Waals surface area contributed by atoms with E-state index in [1.165, 1.54) is 0 Å². The number of imidazole rings is 1. The van der Waals surface area contributed by atoms with Gasteiger partial charge in [-0.3, -0.25) is 9.59 Å². The second kappa shape index (κ2) is 8.73. The normalized spacial score (nSPS) is 20.6. The molecule has 0 spiro atoms. The average Bonchev–Trinajstić information content (AvgIpc) is 3.41. The Hall–Kier alpha value is -2.41. The first-order valence-electron chi connectivity index (χ1n) is 10.3. The van der Waals surface area contributed by atoms with E-state index in [-0.39, 0.29) is 17.9 Å². The molecule has 28 heavy (non-hydrogen) atoms. The molecule has 7 heteroatoms. The van der Waals surface area contributed by atoms with Crippen molar-refractivity contribution in [3.8, 4) is 0 Å². The maximum Gasteiger partial charge on any atom is 0.255 e. The number of carbonyl (C=O) groups is 2. The molecular weight excluding hydrogens is 356 g/mol. The van der Waals surface area contributed by atoms with Crippen LogP contribution in [-0.2, 0) is 9.53 Å². The van der Waals surface area contributed by atoms with Gasteiger partial charge in [0, 0.05) is 51.3 Å². The summed E-state index contributed by atoms with van der Waals surface area (Å²) in [5, 5.41) is 2.99. The van der Waals surface area contributed by atoms with Crippen LogP contribution in [0.2, 0.25) is 0 Å². The smallest absolute Gasteiger partial charge is 0.255 e. The molecule has 0 bridgehead atoms. The third kappa shape index (κ3) is 4.52. The fourth-order valence-corrected chi connectivity index (χ4v) is 4.11. The lowest BCUT2D eigenvalue weighted by atomic mass is 9.91. The number of likely N-dealkylation sites (tertiary alicyclic amines) is 1. The molecule has 1 N–H and O–H groups in total. The minimum Gasteiger partial charge on any atom is -0.376 e. The number of nitrogens with zero attached hydrogens (tertiary/aromatic N) is 3. The van der Waals surface area contributed by atoms with Crippen LogP contribution in [0.1, 0.15) is 48.9 Å². The lowest BCUT2D eigenvalue weighted by Crippen LogP contribution is -2.39. The Morgan fingerprint density at radius 2 is 2.07 bits per heavy atom. The zero-order chi connectivity index (χ0) is 19.3. The molecule has 2 fully saturated rings. The number of piperidine rings is 1. The van der Waals surface area contributed by atoms with Gasteiger partial charge in [-0.05, 0) is 50.2 Å². The van der Waals surface area contributed by atoms with Crippen molar-refractivity contribution < 1.29 is 14.3 Å². The van der Waals surface area contributed by atoms with Gasteiger partial charge in [0.15, 0.2) is 0 Å². The summed E-state index contributed by atoms with van der Waals surface area (Å²) in [5.41, 5.74) is 1.53. The van der Waals surface area contributed by atoms with Crippen LogP contribution < -0.4 is 5.32 Å². The van der Waals surface area contributed by atoms with Gasteiger partial charge < -0.3 is 19.4 Å². The summed E-state index contributed by atoms with van der Waals surface area (Å²) < 4.78 is 7.40. The molecule has 2 aromatic rings. The summed E-state index contributed by atoms with van der Waals surface area (Å²) in [4.78, 5) is 30.9. The summed E-state index contributed by atoms with van der Waals surface area (Å²) in [5.74, 6) is 0.694. The number of nitrogens with one attached hydrogen (secondary N) is 1. The van der Waals surface area contributed by atoms with E-state index in [2.05, 4.69) is 10.3 Å². The molecule has 2 aliphatic rings. The molecule has 0 aliphatic carbocycles. The number of amides is 2. The third-order valence-electron chi connectivity index (χ3n) is 5.87. The number of fused-ring (bicyclic) bond motifs is 1. The highest BCUT2D eigenvalue weighted by Gasteiger charge is 2.24. The van der Waals surface area contributed by atoms with Gasteiger partial charge in [0.25, 0.3) is 5.91 Å². The minimum atomic E-state index is 0.0726. The van der Waals surface area contributed by atoms with Gasteiger partial charge in [0.05, 0.1) is 11.7 Å². The van der Waals surface area contributed by atoms with Crippen LogP contribution in [0.3, 0.4) is 0 Å². The molecule has 7 nitrogen and oxygen atoms in total. The quantitative estimate of drug-likeness (QED) is 0.829. The highest BCUT2D eigenvalue weighted by atomic mass is 16.5.